The fourth-order valence-corrected chi connectivity index (χ4v) is 2.87. The van der Waals surface area contributed by atoms with Crippen LogP contribution in [-0.2, 0) is 4.79 Å². The third-order valence-electron chi connectivity index (χ3n) is 4.35. The van der Waals surface area contributed by atoms with Crippen molar-refractivity contribution in [2.45, 2.75) is 0 Å². The fourth-order valence-electron chi connectivity index (χ4n) is 2.87. The Kier molecular flexibility index (Phi) is 4.89. The summed E-state index contributed by atoms with van der Waals surface area (Å²) in [5.41, 5.74) is 4.74. The molecular formula is C20H22N2O. The van der Waals surface area contributed by atoms with Gasteiger partial charge in [-0.2, -0.15) is 0 Å². The van der Waals surface area contributed by atoms with Crippen LogP contribution in [0.25, 0.3) is 17.2 Å². The van der Waals surface area contributed by atoms with E-state index < -0.39 is 0 Å². The van der Waals surface area contributed by atoms with Gasteiger partial charge in [-0.25, -0.2) is 0 Å². The van der Waals surface area contributed by atoms with Crippen molar-refractivity contribution >= 4 is 18.0 Å². The summed E-state index contributed by atoms with van der Waals surface area (Å²) in [6.45, 7) is 4.43. The molecule has 0 radical (unpaired) electrons. The highest BCUT2D eigenvalue weighted by atomic mass is 16.1. The number of hydrogen-bond acceptors (Lipinski definition) is 3. The third-order valence-corrected chi connectivity index (χ3v) is 4.35. The van der Waals surface area contributed by atoms with Gasteiger partial charge in [0.2, 0.25) is 0 Å². The van der Waals surface area contributed by atoms with Gasteiger partial charge in [0, 0.05) is 31.9 Å². The van der Waals surface area contributed by atoms with Gasteiger partial charge in [0.15, 0.2) is 0 Å². The molecule has 0 spiro atoms. The average molecular weight is 306 g/mol. The summed E-state index contributed by atoms with van der Waals surface area (Å²) in [5, 5.41) is 0. The van der Waals surface area contributed by atoms with Crippen molar-refractivity contribution in [2.24, 2.45) is 0 Å². The Morgan fingerprint density at radius 3 is 1.96 bits per heavy atom. The van der Waals surface area contributed by atoms with E-state index in [4.69, 9.17) is 0 Å². The molecule has 0 unspecified atom stereocenters. The van der Waals surface area contributed by atoms with E-state index in [1.807, 2.05) is 18.2 Å². The lowest BCUT2D eigenvalue weighted by molar-refractivity contribution is -0.104. The van der Waals surface area contributed by atoms with Crippen molar-refractivity contribution in [3.63, 3.8) is 0 Å². The van der Waals surface area contributed by atoms with E-state index in [1.165, 1.54) is 22.9 Å². The minimum Gasteiger partial charge on any atom is -0.369 e. The van der Waals surface area contributed by atoms with Crippen molar-refractivity contribution in [3.8, 4) is 11.1 Å². The maximum absolute atomic E-state index is 10.4. The molecule has 0 aliphatic carbocycles. The standard InChI is InChI=1S/C20H22N2O/c1-21-12-14-22(15-13-21)20-10-8-19(9-11-20)18-6-4-17(5-7-18)3-2-16-23/h2-11,16H,12-15H2,1H3/b3-2+. The van der Waals surface area contributed by atoms with Gasteiger partial charge in [-0.1, -0.05) is 42.5 Å². The van der Waals surface area contributed by atoms with Gasteiger partial charge >= 0.3 is 0 Å². The average Bonchev–Trinajstić information content (AvgIpc) is 2.61. The number of benzene rings is 2. The maximum atomic E-state index is 10.4. The first-order valence-electron chi connectivity index (χ1n) is 8.02. The summed E-state index contributed by atoms with van der Waals surface area (Å²) in [6.07, 6.45) is 4.12. The van der Waals surface area contributed by atoms with Crippen LogP contribution >= 0.6 is 0 Å². The van der Waals surface area contributed by atoms with Gasteiger partial charge in [0.05, 0.1) is 0 Å². The highest BCUT2D eigenvalue weighted by Gasteiger charge is 2.13. The topological polar surface area (TPSA) is 23.6 Å². The smallest absolute Gasteiger partial charge is 0.142 e. The molecule has 23 heavy (non-hydrogen) atoms. The SMILES string of the molecule is CN1CCN(c2ccc(-c3ccc(/C=C/C=O)cc3)cc2)CC1. The molecule has 0 aromatic heterocycles. The van der Waals surface area contributed by atoms with Crippen LogP contribution < -0.4 is 4.90 Å². The molecule has 1 saturated heterocycles. The van der Waals surface area contributed by atoms with E-state index in [0.29, 0.717) is 0 Å². The molecule has 0 saturated carbocycles. The van der Waals surface area contributed by atoms with Crippen LogP contribution in [0.5, 0.6) is 0 Å². The summed E-state index contributed by atoms with van der Waals surface area (Å²) in [5.74, 6) is 0. The number of carbonyl (C=O) groups is 1. The highest BCUT2D eigenvalue weighted by Crippen LogP contribution is 2.24. The molecule has 0 N–H and O–H groups in total. The number of nitrogens with zero attached hydrogens (tertiary/aromatic N) is 2. The summed E-state index contributed by atoms with van der Waals surface area (Å²) < 4.78 is 0. The van der Waals surface area contributed by atoms with Crippen LogP contribution in [0.4, 0.5) is 5.69 Å². The second kappa shape index (κ2) is 7.25. The molecule has 0 amide bonds. The Labute approximate surface area is 137 Å². The maximum Gasteiger partial charge on any atom is 0.142 e. The summed E-state index contributed by atoms with van der Waals surface area (Å²) in [7, 11) is 2.17. The van der Waals surface area contributed by atoms with Crippen LogP contribution in [-0.4, -0.2) is 44.4 Å². The fraction of sp³-hybridized carbons (Fsp3) is 0.250. The largest absolute Gasteiger partial charge is 0.369 e. The zero-order valence-corrected chi connectivity index (χ0v) is 13.5. The second-order valence-electron chi connectivity index (χ2n) is 5.95. The van der Waals surface area contributed by atoms with Gasteiger partial charge in [0.1, 0.15) is 6.29 Å². The first-order valence-corrected chi connectivity index (χ1v) is 8.02. The number of hydrogen-bond donors (Lipinski definition) is 0. The molecule has 1 aliphatic heterocycles. The quantitative estimate of drug-likeness (QED) is 0.639. The monoisotopic (exact) mass is 306 g/mol. The van der Waals surface area contributed by atoms with Gasteiger partial charge in [-0.3, -0.25) is 4.79 Å². The number of likely N-dealkylation sites (N-methyl/N-ethyl adjacent to an activating group) is 1. The molecule has 2 aromatic carbocycles. The van der Waals surface area contributed by atoms with Gasteiger partial charge < -0.3 is 9.80 Å². The molecule has 0 atom stereocenters. The van der Waals surface area contributed by atoms with E-state index >= 15 is 0 Å². The van der Waals surface area contributed by atoms with Crippen LogP contribution in [0.2, 0.25) is 0 Å². The number of anilines is 1. The third kappa shape index (κ3) is 3.88. The van der Waals surface area contributed by atoms with Gasteiger partial charge in [-0.15, -0.1) is 0 Å². The Hall–Kier alpha value is -2.39. The van der Waals surface area contributed by atoms with Crippen LogP contribution in [0, 0.1) is 0 Å². The minimum atomic E-state index is 0.797. The molecule has 2 aromatic rings. The molecule has 3 nitrogen and oxygen atoms in total. The van der Waals surface area contributed by atoms with Crippen LogP contribution in [0.1, 0.15) is 5.56 Å². The molecular weight excluding hydrogens is 284 g/mol. The molecule has 3 rings (SSSR count). The van der Waals surface area contributed by atoms with Gasteiger partial charge in [0.25, 0.3) is 0 Å². The predicted molar refractivity (Wildman–Crippen MR) is 96.7 cm³/mol. The van der Waals surface area contributed by atoms with E-state index in [2.05, 4.69) is 53.2 Å². The predicted octanol–water partition coefficient (Wildman–Crippen LogP) is 3.32. The number of rotatable bonds is 4. The van der Waals surface area contributed by atoms with E-state index in [-0.39, 0.29) is 0 Å². The molecule has 1 aliphatic rings. The number of piperazine rings is 1. The molecule has 118 valence electrons. The Bertz CT molecular complexity index is 666. The first kappa shape index (κ1) is 15.5. The van der Waals surface area contributed by atoms with Crippen molar-refractivity contribution < 1.29 is 4.79 Å². The Balaban J connectivity index is 1.71. The number of carbonyl (C=O) groups excluding carboxylic acids is 1. The summed E-state index contributed by atoms with van der Waals surface area (Å²) in [6, 6.07) is 17.0. The first-order chi connectivity index (χ1) is 11.3. The lowest BCUT2D eigenvalue weighted by Crippen LogP contribution is -2.44. The summed E-state index contributed by atoms with van der Waals surface area (Å²) in [4.78, 5) is 15.2. The lowest BCUT2D eigenvalue weighted by Gasteiger charge is -2.34. The molecule has 1 heterocycles. The zero-order chi connectivity index (χ0) is 16.1. The second-order valence-corrected chi connectivity index (χ2v) is 5.95. The van der Waals surface area contributed by atoms with Crippen LogP contribution in [0.3, 0.4) is 0 Å². The zero-order valence-electron chi connectivity index (χ0n) is 13.5. The highest BCUT2D eigenvalue weighted by molar-refractivity contribution is 5.75. The lowest BCUT2D eigenvalue weighted by atomic mass is 10.0. The normalized spacial score (nSPS) is 16.0. The van der Waals surface area contributed by atoms with Crippen molar-refractivity contribution in [2.75, 3.05) is 38.1 Å². The van der Waals surface area contributed by atoms with Crippen molar-refractivity contribution in [1.29, 1.82) is 0 Å². The number of allylic oxidation sites excluding steroid dienone is 1. The molecule has 1 fully saturated rings. The summed E-state index contributed by atoms with van der Waals surface area (Å²) >= 11 is 0. The van der Waals surface area contributed by atoms with E-state index in [0.717, 1.165) is 38.0 Å². The van der Waals surface area contributed by atoms with E-state index in [1.54, 1.807) is 0 Å². The number of aldehydes is 1. The molecule has 3 heteroatoms. The van der Waals surface area contributed by atoms with Crippen molar-refractivity contribution in [3.05, 3.63) is 60.2 Å². The Morgan fingerprint density at radius 1 is 0.826 bits per heavy atom. The van der Waals surface area contributed by atoms with Gasteiger partial charge in [-0.05, 0) is 41.9 Å². The Morgan fingerprint density at radius 2 is 1.39 bits per heavy atom. The molecule has 0 bridgehead atoms. The minimum absolute atomic E-state index is 0.797. The van der Waals surface area contributed by atoms with Crippen molar-refractivity contribution in [1.82, 2.24) is 4.90 Å². The van der Waals surface area contributed by atoms with E-state index in [9.17, 15) is 4.79 Å². The van der Waals surface area contributed by atoms with Crippen LogP contribution in [0.15, 0.2) is 54.6 Å².